The lowest BCUT2D eigenvalue weighted by Gasteiger charge is -2.23. The molecule has 1 aromatic rings. The summed E-state index contributed by atoms with van der Waals surface area (Å²) >= 11 is 0. The number of hydrogen-bond acceptors (Lipinski definition) is 4. The number of nitrogens with one attached hydrogen (secondary N) is 1. The van der Waals surface area contributed by atoms with E-state index in [1.807, 2.05) is 6.92 Å². The number of carbonyl (C=O) groups is 2. The molecule has 1 amide bonds. The average Bonchev–Trinajstić information content (AvgIpc) is 2.76. The van der Waals surface area contributed by atoms with Crippen LogP contribution in [-0.2, 0) is 4.74 Å². The van der Waals surface area contributed by atoms with Crippen molar-refractivity contribution in [2.75, 3.05) is 13.2 Å². The molecule has 0 aromatic carbocycles. The zero-order valence-corrected chi connectivity index (χ0v) is 9.97. The van der Waals surface area contributed by atoms with Crippen LogP contribution in [0.4, 0.5) is 0 Å². The topological polar surface area (TPSA) is 88.5 Å². The van der Waals surface area contributed by atoms with Gasteiger partial charge in [0.25, 0.3) is 5.91 Å². The van der Waals surface area contributed by atoms with Gasteiger partial charge in [-0.15, -0.1) is 0 Å². The lowest BCUT2D eigenvalue weighted by Crippen LogP contribution is -2.46. The average molecular weight is 250 g/mol. The summed E-state index contributed by atoms with van der Waals surface area (Å²) in [5.41, 5.74) is -0.111. The van der Waals surface area contributed by atoms with E-state index < -0.39 is 5.97 Å². The molecule has 1 fully saturated rings. The van der Waals surface area contributed by atoms with Crippen LogP contribution in [0, 0.1) is 0 Å². The number of pyridine rings is 1. The van der Waals surface area contributed by atoms with Crippen molar-refractivity contribution in [3.8, 4) is 0 Å². The maximum absolute atomic E-state index is 11.9. The zero-order chi connectivity index (χ0) is 13.2. The van der Waals surface area contributed by atoms with Crippen molar-refractivity contribution in [2.24, 2.45) is 0 Å². The van der Waals surface area contributed by atoms with Crippen LogP contribution in [0.15, 0.2) is 18.3 Å². The van der Waals surface area contributed by atoms with E-state index in [4.69, 9.17) is 9.84 Å². The van der Waals surface area contributed by atoms with Gasteiger partial charge >= 0.3 is 5.97 Å². The summed E-state index contributed by atoms with van der Waals surface area (Å²) in [6, 6.07) is 2.76. The van der Waals surface area contributed by atoms with Gasteiger partial charge in [-0.2, -0.15) is 0 Å². The van der Waals surface area contributed by atoms with Crippen LogP contribution in [0.5, 0.6) is 0 Å². The van der Waals surface area contributed by atoms with Gasteiger partial charge in [0, 0.05) is 12.8 Å². The molecule has 0 radical (unpaired) electrons. The van der Waals surface area contributed by atoms with Crippen molar-refractivity contribution in [3.63, 3.8) is 0 Å². The fourth-order valence-electron chi connectivity index (χ4n) is 1.76. The van der Waals surface area contributed by atoms with Crippen LogP contribution < -0.4 is 5.32 Å². The number of hydrogen-bond donors (Lipinski definition) is 2. The fourth-order valence-corrected chi connectivity index (χ4v) is 1.76. The first-order valence-electron chi connectivity index (χ1n) is 5.60. The van der Waals surface area contributed by atoms with Crippen molar-refractivity contribution in [2.45, 2.75) is 18.9 Å². The van der Waals surface area contributed by atoms with Gasteiger partial charge < -0.3 is 15.2 Å². The van der Waals surface area contributed by atoms with Crippen molar-refractivity contribution < 1.29 is 19.4 Å². The second-order valence-electron chi connectivity index (χ2n) is 4.55. The summed E-state index contributed by atoms with van der Waals surface area (Å²) in [6.07, 6.45) is 1.93. The molecule has 0 bridgehead atoms. The Morgan fingerprint density at radius 3 is 2.78 bits per heavy atom. The van der Waals surface area contributed by atoms with Crippen LogP contribution in [0.25, 0.3) is 0 Å². The lowest BCUT2D eigenvalue weighted by atomic mass is 10.0. The molecule has 2 heterocycles. The first-order valence-corrected chi connectivity index (χ1v) is 5.60. The molecule has 0 aliphatic carbocycles. The van der Waals surface area contributed by atoms with Gasteiger partial charge in [0.05, 0.1) is 17.7 Å². The van der Waals surface area contributed by atoms with E-state index in [2.05, 4.69) is 10.3 Å². The molecule has 6 heteroatoms. The van der Waals surface area contributed by atoms with Crippen LogP contribution in [0.2, 0.25) is 0 Å². The Balaban J connectivity index is 2.07. The van der Waals surface area contributed by atoms with Crippen molar-refractivity contribution >= 4 is 11.9 Å². The standard InChI is InChI=1S/C12H14N2O4/c1-12(4-5-18-7-12)14-10(15)9-3-2-8(6-13-9)11(16)17/h2-3,6H,4-5,7H2,1H3,(H,14,15)(H,16,17). The highest BCUT2D eigenvalue weighted by Crippen LogP contribution is 2.17. The lowest BCUT2D eigenvalue weighted by molar-refractivity contribution is 0.0695. The van der Waals surface area contributed by atoms with Gasteiger partial charge in [-0.25, -0.2) is 4.79 Å². The quantitative estimate of drug-likeness (QED) is 0.823. The smallest absolute Gasteiger partial charge is 0.337 e. The van der Waals surface area contributed by atoms with Crippen molar-refractivity contribution in [1.82, 2.24) is 10.3 Å². The monoisotopic (exact) mass is 250 g/mol. The number of carboxylic acids is 1. The Hall–Kier alpha value is -1.95. The van der Waals surface area contributed by atoms with E-state index in [0.717, 1.165) is 6.42 Å². The Morgan fingerprint density at radius 1 is 1.50 bits per heavy atom. The first kappa shape index (κ1) is 12.5. The summed E-state index contributed by atoms with van der Waals surface area (Å²) in [7, 11) is 0. The zero-order valence-electron chi connectivity index (χ0n) is 9.97. The molecule has 2 rings (SSSR count). The Bertz CT molecular complexity index is 463. The molecular formula is C12H14N2O4. The molecular weight excluding hydrogens is 236 g/mol. The summed E-state index contributed by atoms with van der Waals surface area (Å²) < 4.78 is 5.23. The van der Waals surface area contributed by atoms with Crippen molar-refractivity contribution in [3.05, 3.63) is 29.6 Å². The van der Waals surface area contributed by atoms with E-state index >= 15 is 0 Å². The number of aromatic nitrogens is 1. The molecule has 18 heavy (non-hydrogen) atoms. The molecule has 96 valence electrons. The van der Waals surface area contributed by atoms with Gasteiger partial charge in [-0.3, -0.25) is 9.78 Å². The van der Waals surface area contributed by atoms with E-state index in [1.165, 1.54) is 18.3 Å². The third kappa shape index (κ3) is 2.65. The second-order valence-corrected chi connectivity index (χ2v) is 4.55. The number of carbonyl (C=O) groups excluding carboxylic acids is 1. The Kier molecular flexibility index (Phi) is 3.29. The third-order valence-electron chi connectivity index (χ3n) is 2.88. The minimum atomic E-state index is -1.06. The minimum absolute atomic E-state index is 0.0574. The second kappa shape index (κ2) is 4.73. The Morgan fingerprint density at radius 2 is 2.28 bits per heavy atom. The van der Waals surface area contributed by atoms with E-state index in [1.54, 1.807) is 0 Å². The highest BCUT2D eigenvalue weighted by Gasteiger charge is 2.31. The number of aromatic carboxylic acids is 1. The predicted octanol–water partition coefficient (Wildman–Crippen LogP) is 0.689. The molecule has 1 aliphatic rings. The van der Waals surface area contributed by atoms with Crippen molar-refractivity contribution in [1.29, 1.82) is 0 Å². The molecule has 1 aliphatic heterocycles. The minimum Gasteiger partial charge on any atom is -0.478 e. The number of amides is 1. The molecule has 1 unspecified atom stereocenters. The first-order chi connectivity index (χ1) is 8.50. The number of rotatable bonds is 3. The number of ether oxygens (including phenoxy) is 1. The summed E-state index contributed by atoms with van der Waals surface area (Å²) in [6.45, 7) is 3.01. The van der Waals surface area contributed by atoms with Crippen LogP contribution in [0.3, 0.4) is 0 Å². The molecule has 0 saturated carbocycles. The number of nitrogens with zero attached hydrogens (tertiary/aromatic N) is 1. The van der Waals surface area contributed by atoms with E-state index in [-0.39, 0.29) is 22.7 Å². The number of carboxylic acid groups (broad SMARTS) is 1. The van der Waals surface area contributed by atoms with E-state index in [0.29, 0.717) is 13.2 Å². The van der Waals surface area contributed by atoms with Gasteiger partial charge in [0.1, 0.15) is 5.69 Å². The van der Waals surface area contributed by atoms with Gasteiger partial charge in [0.15, 0.2) is 0 Å². The Labute approximate surface area is 104 Å². The van der Waals surface area contributed by atoms with Gasteiger partial charge in [0.2, 0.25) is 0 Å². The summed E-state index contributed by atoms with van der Waals surface area (Å²) in [4.78, 5) is 26.4. The third-order valence-corrected chi connectivity index (χ3v) is 2.88. The van der Waals surface area contributed by atoms with Crippen LogP contribution in [0.1, 0.15) is 34.2 Å². The molecule has 2 N–H and O–H groups in total. The van der Waals surface area contributed by atoms with E-state index in [9.17, 15) is 9.59 Å². The molecule has 0 spiro atoms. The predicted molar refractivity (Wildman–Crippen MR) is 62.5 cm³/mol. The van der Waals surface area contributed by atoms with Gasteiger partial charge in [-0.05, 0) is 25.5 Å². The molecule has 1 atom stereocenters. The highest BCUT2D eigenvalue weighted by atomic mass is 16.5. The summed E-state index contributed by atoms with van der Waals surface area (Å²) in [5, 5.41) is 11.6. The molecule has 1 aromatic heterocycles. The molecule has 6 nitrogen and oxygen atoms in total. The SMILES string of the molecule is CC1(NC(=O)c2ccc(C(=O)O)cn2)CCOC1. The summed E-state index contributed by atoms with van der Waals surface area (Å²) in [5.74, 6) is -1.38. The van der Waals surface area contributed by atoms with Crippen LogP contribution in [-0.4, -0.2) is 40.7 Å². The van der Waals surface area contributed by atoms with Gasteiger partial charge in [-0.1, -0.05) is 0 Å². The van der Waals surface area contributed by atoms with Crippen LogP contribution >= 0.6 is 0 Å². The largest absolute Gasteiger partial charge is 0.478 e. The maximum Gasteiger partial charge on any atom is 0.337 e. The highest BCUT2D eigenvalue weighted by molar-refractivity contribution is 5.94. The maximum atomic E-state index is 11.9. The normalized spacial score (nSPS) is 22.7. The fraction of sp³-hybridized carbons (Fsp3) is 0.417. The molecule has 1 saturated heterocycles.